The van der Waals surface area contributed by atoms with Gasteiger partial charge in [0, 0.05) is 12.8 Å². The average Bonchev–Trinajstić information content (AvgIpc) is 3.35. The lowest BCUT2D eigenvalue weighted by Crippen LogP contribution is -2.17. The molecule has 0 aliphatic carbocycles. The highest BCUT2D eigenvalue weighted by molar-refractivity contribution is 5.80. The highest BCUT2D eigenvalue weighted by atomic mass is 16.3. The Morgan fingerprint density at radius 2 is 1.22 bits per heavy atom. The van der Waals surface area contributed by atoms with Gasteiger partial charge in [0.15, 0.2) is 0 Å². The number of rotatable bonds is 12. The first-order chi connectivity index (χ1) is 13.2. The molecule has 8 nitrogen and oxygen atoms in total. The second-order valence-electron chi connectivity index (χ2n) is 5.88. The van der Waals surface area contributed by atoms with E-state index in [1.807, 2.05) is 0 Å². The van der Waals surface area contributed by atoms with Crippen molar-refractivity contribution in [2.75, 3.05) is 0 Å². The summed E-state index contributed by atoms with van der Waals surface area (Å²) in [6, 6.07) is 7.00. The Bertz CT molecular complexity index is 659. The number of furan rings is 2. The molecule has 27 heavy (non-hydrogen) atoms. The summed E-state index contributed by atoms with van der Waals surface area (Å²) in [7, 11) is 0. The molecule has 2 rings (SSSR count). The third-order valence-electron chi connectivity index (χ3n) is 3.66. The van der Waals surface area contributed by atoms with Gasteiger partial charge in [-0.15, -0.1) is 0 Å². The molecule has 8 heteroatoms. The van der Waals surface area contributed by atoms with Crippen molar-refractivity contribution in [2.45, 2.75) is 44.9 Å². The summed E-state index contributed by atoms with van der Waals surface area (Å²) in [6.45, 7) is 0. The Morgan fingerprint density at radius 3 is 1.63 bits per heavy atom. The number of carbonyl (C=O) groups excluding carboxylic acids is 2. The first-order valence-electron chi connectivity index (χ1n) is 8.95. The third-order valence-corrected chi connectivity index (χ3v) is 3.66. The molecule has 2 heterocycles. The molecule has 0 atom stereocenters. The number of nitrogens with one attached hydrogen (secondary N) is 2. The first kappa shape index (κ1) is 20.2. The summed E-state index contributed by atoms with van der Waals surface area (Å²) >= 11 is 0. The normalized spacial score (nSPS) is 11.3. The molecule has 0 spiro atoms. The molecule has 0 radical (unpaired) electrons. The summed E-state index contributed by atoms with van der Waals surface area (Å²) in [6.07, 6.45) is 11.3. The largest absolute Gasteiger partial charge is 0.463 e. The Labute approximate surface area is 157 Å². The van der Waals surface area contributed by atoms with Crippen molar-refractivity contribution in [3.63, 3.8) is 0 Å². The van der Waals surface area contributed by atoms with Gasteiger partial charge in [-0.05, 0) is 37.1 Å². The quantitative estimate of drug-likeness (QED) is 0.339. The molecule has 0 aromatic carbocycles. The van der Waals surface area contributed by atoms with Gasteiger partial charge < -0.3 is 8.83 Å². The maximum atomic E-state index is 11.6. The molecule has 2 N–H and O–H groups in total. The molecule has 0 saturated carbocycles. The van der Waals surface area contributed by atoms with Gasteiger partial charge in [0.1, 0.15) is 11.5 Å². The Balaban J connectivity index is 1.41. The van der Waals surface area contributed by atoms with E-state index in [1.54, 1.807) is 36.8 Å². The summed E-state index contributed by atoms with van der Waals surface area (Å²) in [5, 5.41) is 7.64. The van der Waals surface area contributed by atoms with Crippen LogP contribution in [0.3, 0.4) is 0 Å². The van der Waals surface area contributed by atoms with Gasteiger partial charge in [0.05, 0.1) is 25.0 Å². The number of carbonyl (C=O) groups is 2. The maximum absolute atomic E-state index is 11.6. The van der Waals surface area contributed by atoms with Crippen LogP contribution in [0.5, 0.6) is 0 Å². The lowest BCUT2D eigenvalue weighted by Gasteiger charge is -2.02. The van der Waals surface area contributed by atoms with E-state index in [4.69, 9.17) is 8.83 Å². The van der Waals surface area contributed by atoms with Crippen molar-refractivity contribution >= 4 is 24.2 Å². The van der Waals surface area contributed by atoms with Crippen LogP contribution in [0, 0.1) is 0 Å². The minimum absolute atomic E-state index is 0.119. The smallest absolute Gasteiger partial charge is 0.240 e. The van der Waals surface area contributed by atoms with Crippen LogP contribution < -0.4 is 10.9 Å². The molecule has 0 bridgehead atoms. The lowest BCUT2D eigenvalue weighted by molar-refractivity contribution is -0.121. The standard InChI is InChI=1S/C19H24N4O4/c24-18(22-20-14-16-8-6-12-26-16)10-4-2-1-3-5-11-19(25)23-21-15-17-9-7-13-27-17/h6-9,12-15H,1-5,10-11H2,(H,22,24)(H,23,25). The zero-order valence-corrected chi connectivity index (χ0v) is 15.1. The number of hydrogen-bond acceptors (Lipinski definition) is 6. The third kappa shape index (κ3) is 9.20. The van der Waals surface area contributed by atoms with E-state index in [1.165, 1.54) is 12.4 Å². The number of hydrazone groups is 2. The van der Waals surface area contributed by atoms with E-state index in [2.05, 4.69) is 21.1 Å². The van der Waals surface area contributed by atoms with Crippen LogP contribution in [0.25, 0.3) is 0 Å². The zero-order valence-electron chi connectivity index (χ0n) is 15.1. The molecular formula is C19H24N4O4. The molecule has 144 valence electrons. The van der Waals surface area contributed by atoms with Crippen LogP contribution in [-0.4, -0.2) is 24.2 Å². The predicted octanol–water partition coefficient (Wildman–Crippen LogP) is 3.20. The predicted molar refractivity (Wildman–Crippen MR) is 101 cm³/mol. The van der Waals surface area contributed by atoms with Crippen molar-refractivity contribution in [1.82, 2.24) is 10.9 Å². The highest BCUT2D eigenvalue weighted by Crippen LogP contribution is 2.07. The van der Waals surface area contributed by atoms with Gasteiger partial charge in [-0.25, -0.2) is 10.9 Å². The molecule has 0 fully saturated rings. The van der Waals surface area contributed by atoms with Gasteiger partial charge in [-0.2, -0.15) is 10.2 Å². The molecule has 2 amide bonds. The fraction of sp³-hybridized carbons (Fsp3) is 0.368. The summed E-state index contributed by atoms with van der Waals surface area (Å²) in [4.78, 5) is 23.2. The van der Waals surface area contributed by atoms with Crippen molar-refractivity contribution < 1.29 is 18.4 Å². The lowest BCUT2D eigenvalue weighted by atomic mass is 10.1. The van der Waals surface area contributed by atoms with E-state index in [-0.39, 0.29) is 11.8 Å². The number of hydrogen-bond donors (Lipinski definition) is 2. The van der Waals surface area contributed by atoms with Crippen LogP contribution >= 0.6 is 0 Å². The molecule has 0 aliphatic heterocycles. The van der Waals surface area contributed by atoms with Crippen molar-refractivity contribution in [1.29, 1.82) is 0 Å². The van der Waals surface area contributed by atoms with Gasteiger partial charge in [-0.3, -0.25) is 9.59 Å². The Hall–Kier alpha value is -3.16. The van der Waals surface area contributed by atoms with E-state index < -0.39 is 0 Å². The Morgan fingerprint density at radius 1 is 0.778 bits per heavy atom. The monoisotopic (exact) mass is 372 g/mol. The van der Waals surface area contributed by atoms with E-state index in [0.29, 0.717) is 24.4 Å². The fourth-order valence-corrected chi connectivity index (χ4v) is 2.28. The van der Waals surface area contributed by atoms with E-state index >= 15 is 0 Å². The molecule has 0 unspecified atom stereocenters. The van der Waals surface area contributed by atoms with Crippen LogP contribution in [0.4, 0.5) is 0 Å². The van der Waals surface area contributed by atoms with Gasteiger partial charge in [0.2, 0.25) is 11.8 Å². The minimum Gasteiger partial charge on any atom is -0.463 e. The van der Waals surface area contributed by atoms with E-state index in [0.717, 1.165) is 32.1 Å². The van der Waals surface area contributed by atoms with Gasteiger partial charge >= 0.3 is 0 Å². The molecule has 2 aromatic heterocycles. The van der Waals surface area contributed by atoms with Gasteiger partial charge in [-0.1, -0.05) is 19.3 Å². The molecule has 0 aliphatic rings. The van der Waals surface area contributed by atoms with Crippen molar-refractivity contribution in [3.05, 3.63) is 48.3 Å². The first-order valence-corrected chi connectivity index (χ1v) is 8.95. The van der Waals surface area contributed by atoms with Gasteiger partial charge in [0.25, 0.3) is 0 Å². The summed E-state index contributed by atoms with van der Waals surface area (Å²) < 4.78 is 10.1. The number of nitrogens with zero attached hydrogens (tertiary/aromatic N) is 2. The number of unbranched alkanes of at least 4 members (excludes halogenated alkanes) is 4. The van der Waals surface area contributed by atoms with Crippen molar-refractivity contribution in [3.8, 4) is 0 Å². The maximum Gasteiger partial charge on any atom is 0.240 e. The van der Waals surface area contributed by atoms with Crippen LogP contribution in [0.15, 0.2) is 55.8 Å². The van der Waals surface area contributed by atoms with Crippen LogP contribution in [-0.2, 0) is 9.59 Å². The Kier molecular flexibility index (Phi) is 9.13. The second-order valence-corrected chi connectivity index (χ2v) is 5.88. The zero-order chi connectivity index (χ0) is 19.2. The average molecular weight is 372 g/mol. The number of amides is 2. The molecule has 2 aromatic rings. The van der Waals surface area contributed by atoms with Crippen LogP contribution in [0.2, 0.25) is 0 Å². The fourth-order valence-electron chi connectivity index (χ4n) is 2.28. The van der Waals surface area contributed by atoms with Crippen LogP contribution in [0.1, 0.15) is 56.5 Å². The molecule has 0 saturated heterocycles. The molecular weight excluding hydrogens is 348 g/mol. The second kappa shape index (κ2) is 12.2. The highest BCUT2D eigenvalue weighted by Gasteiger charge is 2.02. The SMILES string of the molecule is O=C(CCCCCCCC(=O)NN=Cc1ccco1)NN=Cc1ccco1. The topological polar surface area (TPSA) is 109 Å². The minimum atomic E-state index is -0.119. The summed E-state index contributed by atoms with van der Waals surface area (Å²) in [5.74, 6) is 0.940. The van der Waals surface area contributed by atoms with E-state index in [9.17, 15) is 9.59 Å². The van der Waals surface area contributed by atoms with Crippen molar-refractivity contribution in [2.24, 2.45) is 10.2 Å². The summed E-state index contributed by atoms with van der Waals surface area (Å²) in [5.41, 5.74) is 4.93.